The second kappa shape index (κ2) is 7.31. The Kier molecular flexibility index (Phi) is 4.71. The molecule has 1 amide bonds. The van der Waals surface area contributed by atoms with Gasteiger partial charge in [-0.2, -0.15) is 5.10 Å². The topological polar surface area (TPSA) is 102 Å². The molecule has 1 saturated heterocycles. The molecular weight excluding hydrogens is 348 g/mol. The first kappa shape index (κ1) is 17.4. The van der Waals surface area contributed by atoms with E-state index in [2.05, 4.69) is 25.6 Å². The summed E-state index contributed by atoms with van der Waals surface area (Å²) in [5, 5.41) is 15.6. The molecule has 0 aliphatic carbocycles. The van der Waals surface area contributed by atoms with Crippen LogP contribution in [0.4, 0.5) is 5.82 Å². The average molecular weight is 370 g/mol. The lowest BCUT2D eigenvalue weighted by atomic mass is 9.95. The number of nitrogens with zero attached hydrogens (tertiary/aromatic N) is 7. The molecular formula is C17H22N8O2. The average Bonchev–Trinajstić information content (AvgIpc) is 3.37. The van der Waals surface area contributed by atoms with E-state index >= 15 is 0 Å². The first-order valence-electron chi connectivity index (χ1n) is 8.82. The Labute approximate surface area is 156 Å². The first-order valence-corrected chi connectivity index (χ1v) is 8.82. The zero-order valence-electron chi connectivity index (χ0n) is 15.3. The molecule has 3 aromatic rings. The molecule has 0 unspecified atom stereocenters. The lowest BCUT2D eigenvalue weighted by Gasteiger charge is -2.27. The van der Waals surface area contributed by atoms with Gasteiger partial charge in [-0.3, -0.25) is 13.9 Å². The third kappa shape index (κ3) is 3.35. The second-order valence-electron chi connectivity index (χ2n) is 6.65. The van der Waals surface area contributed by atoms with Gasteiger partial charge < -0.3 is 15.0 Å². The van der Waals surface area contributed by atoms with Crippen LogP contribution in [0.5, 0.6) is 0 Å². The highest BCUT2D eigenvalue weighted by molar-refractivity contribution is 5.80. The smallest absolute Gasteiger partial charge is 0.223 e. The number of hydrogen-bond acceptors (Lipinski definition) is 7. The lowest BCUT2D eigenvalue weighted by Crippen LogP contribution is -2.33. The van der Waals surface area contributed by atoms with E-state index in [-0.39, 0.29) is 17.9 Å². The van der Waals surface area contributed by atoms with E-state index in [1.807, 2.05) is 24.3 Å². The largest absolute Gasteiger partial charge is 0.383 e. The molecule has 3 aromatic heterocycles. The van der Waals surface area contributed by atoms with Crippen LogP contribution in [0.3, 0.4) is 0 Å². The molecule has 10 nitrogen and oxygen atoms in total. The number of ether oxygens (including phenoxy) is 1. The van der Waals surface area contributed by atoms with Crippen LogP contribution >= 0.6 is 0 Å². The summed E-state index contributed by atoms with van der Waals surface area (Å²) in [6.07, 6.45) is 9.38. The van der Waals surface area contributed by atoms with E-state index < -0.39 is 0 Å². The SMILES string of the molecule is COCCN1C(=O)C[C@H](CNc2nccn3cnnc23)[C@H]1c1cnn(C)c1. The van der Waals surface area contributed by atoms with E-state index in [9.17, 15) is 4.79 Å². The quantitative estimate of drug-likeness (QED) is 0.646. The van der Waals surface area contributed by atoms with Crippen molar-refractivity contribution in [1.82, 2.24) is 34.3 Å². The van der Waals surface area contributed by atoms with E-state index in [4.69, 9.17) is 4.74 Å². The van der Waals surface area contributed by atoms with Crippen molar-refractivity contribution in [1.29, 1.82) is 0 Å². The molecule has 27 heavy (non-hydrogen) atoms. The van der Waals surface area contributed by atoms with Crippen molar-refractivity contribution in [2.24, 2.45) is 13.0 Å². The van der Waals surface area contributed by atoms with Crippen LogP contribution in [0.15, 0.2) is 31.1 Å². The van der Waals surface area contributed by atoms with E-state index in [0.717, 1.165) is 5.56 Å². The number of aryl methyl sites for hydroxylation is 1. The molecule has 142 valence electrons. The maximum absolute atomic E-state index is 12.6. The van der Waals surface area contributed by atoms with Crippen LogP contribution < -0.4 is 5.32 Å². The summed E-state index contributed by atoms with van der Waals surface area (Å²) in [5.41, 5.74) is 1.69. The predicted molar refractivity (Wildman–Crippen MR) is 96.9 cm³/mol. The van der Waals surface area contributed by atoms with Gasteiger partial charge in [0.15, 0.2) is 5.82 Å². The number of methoxy groups -OCH3 is 1. The summed E-state index contributed by atoms with van der Waals surface area (Å²) < 4.78 is 8.75. The molecule has 10 heteroatoms. The molecule has 1 aliphatic rings. The van der Waals surface area contributed by atoms with Gasteiger partial charge in [0.2, 0.25) is 11.6 Å². The molecule has 0 saturated carbocycles. The summed E-state index contributed by atoms with van der Waals surface area (Å²) >= 11 is 0. The minimum Gasteiger partial charge on any atom is -0.383 e. The van der Waals surface area contributed by atoms with Crippen molar-refractivity contribution >= 4 is 17.4 Å². The van der Waals surface area contributed by atoms with Crippen molar-refractivity contribution < 1.29 is 9.53 Å². The van der Waals surface area contributed by atoms with Crippen LogP contribution in [-0.2, 0) is 16.6 Å². The van der Waals surface area contributed by atoms with Gasteiger partial charge in [0.25, 0.3) is 0 Å². The highest BCUT2D eigenvalue weighted by atomic mass is 16.5. The molecule has 0 bridgehead atoms. The molecule has 1 aliphatic heterocycles. The van der Waals surface area contributed by atoms with Crippen LogP contribution in [0.1, 0.15) is 18.0 Å². The normalized spacial score (nSPS) is 19.9. The number of anilines is 1. The summed E-state index contributed by atoms with van der Waals surface area (Å²) in [6.45, 7) is 1.65. The number of hydrogen-bond donors (Lipinski definition) is 1. The third-order valence-electron chi connectivity index (χ3n) is 4.89. The Bertz CT molecular complexity index is 936. The second-order valence-corrected chi connectivity index (χ2v) is 6.65. The van der Waals surface area contributed by atoms with Gasteiger partial charge in [0.1, 0.15) is 6.33 Å². The summed E-state index contributed by atoms with van der Waals surface area (Å²) in [4.78, 5) is 18.9. The van der Waals surface area contributed by atoms with E-state index in [0.29, 0.717) is 37.6 Å². The molecule has 1 fully saturated rings. The molecule has 0 spiro atoms. The Morgan fingerprint density at radius 1 is 1.41 bits per heavy atom. The van der Waals surface area contributed by atoms with Gasteiger partial charge in [-0.15, -0.1) is 10.2 Å². The Balaban J connectivity index is 1.56. The number of rotatable bonds is 7. The van der Waals surface area contributed by atoms with Gasteiger partial charge >= 0.3 is 0 Å². The monoisotopic (exact) mass is 370 g/mol. The maximum atomic E-state index is 12.6. The minimum absolute atomic E-state index is 0.0496. The lowest BCUT2D eigenvalue weighted by molar-refractivity contribution is -0.129. The first-order chi connectivity index (χ1) is 13.2. The predicted octanol–water partition coefficient (Wildman–Crippen LogP) is 0.506. The van der Waals surface area contributed by atoms with Crippen LogP contribution in [0, 0.1) is 5.92 Å². The number of fused-ring (bicyclic) bond motifs is 1. The summed E-state index contributed by atoms with van der Waals surface area (Å²) in [5.74, 6) is 0.868. The molecule has 0 radical (unpaired) electrons. The third-order valence-corrected chi connectivity index (χ3v) is 4.89. The Morgan fingerprint density at radius 2 is 2.30 bits per heavy atom. The van der Waals surface area contributed by atoms with Gasteiger partial charge in [0, 0.05) is 63.7 Å². The fraction of sp³-hybridized carbons (Fsp3) is 0.471. The van der Waals surface area contributed by atoms with Gasteiger partial charge in [-0.05, 0) is 0 Å². The zero-order chi connectivity index (χ0) is 18.8. The van der Waals surface area contributed by atoms with Crippen molar-refractivity contribution in [2.75, 3.05) is 32.1 Å². The number of likely N-dealkylation sites (tertiary alicyclic amines) is 1. The maximum Gasteiger partial charge on any atom is 0.223 e. The summed E-state index contributed by atoms with van der Waals surface area (Å²) in [7, 11) is 3.52. The van der Waals surface area contributed by atoms with Crippen molar-refractivity contribution in [3.05, 3.63) is 36.7 Å². The van der Waals surface area contributed by atoms with E-state index in [1.54, 1.807) is 34.9 Å². The number of aromatic nitrogens is 6. The Hall–Kier alpha value is -3.01. The van der Waals surface area contributed by atoms with Gasteiger partial charge in [-0.25, -0.2) is 4.98 Å². The molecule has 4 rings (SSSR count). The number of amides is 1. The summed E-state index contributed by atoms with van der Waals surface area (Å²) in [6, 6.07) is -0.0496. The van der Waals surface area contributed by atoms with E-state index in [1.165, 1.54) is 0 Å². The molecule has 4 heterocycles. The van der Waals surface area contributed by atoms with Gasteiger partial charge in [-0.1, -0.05) is 0 Å². The minimum atomic E-state index is -0.0496. The molecule has 0 aromatic carbocycles. The highest BCUT2D eigenvalue weighted by Crippen LogP contribution is 2.37. The zero-order valence-corrected chi connectivity index (χ0v) is 15.3. The molecule has 1 N–H and O–H groups in total. The number of carbonyl (C=O) groups is 1. The standard InChI is InChI=1S/C17H22N8O2/c1-23-10-13(9-21-23)15-12(7-14(26)25(15)5-6-27-2)8-19-16-17-22-20-11-24(17)4-3-18-16/h3-4,9-12,15H,5-8H2,1-2H3,(H,18,19)/t12-,15+/m1/s1. The number of nitrogens with one attached hydrogen (secondary N) is 1. The fourth-order valence-corrected chi connectivity index (χ4v) is 3.66. The van der Waals surface area contributed by atoms with Crippen LogP contribution in [0.2, 0.25) is 0 Å². The Morgan fingerprint density at radius 3 is 3.07 bits per heavy atom. The number of carbonyl (C=O) groups excluding carboxylic acids is 1. The van der Waals surface area contributed by atoms with Crippen molar-refractivity contribution in [3.63, 3.8) is 0 Å². The highest BCUT2D eigenvalue weighted by Gasteiger charge is 2.40. The fourth-order valence-electron chi connectivity index (χ4n) is 3.66. The van der Waals surface area contributed by atoms with Crippen LogP contribution in [0.25, 0.3) is 5.65 Å². The van der Waals surface area contributed by atoms with Gasteiger partial charge in [0.05, 0.1) is 18.8 Å². The van der Waals surface area contributed by atoms with Crippen molar-refractivity contribution in [3.8, 4) is 0 Å². The van der Waals surface area contributed by atoms with Crippen LogP contribution in [-0.4, -0.2) is 67.0 Å². The molecule has 2 atom stereocenters. The van der Waals surface area contributed by atoms with Crippen molar-refractivity contribution in [2.45, 2.75) is 12.5 Å².